The second-order valence-corrected chi connectivity index (χ2v) is 10.1. The third-order valence-electron chi connectivity index (χ3n) is 6.68. The summed E-state index contributed by atoms with van der Waals surface area (Å²) < 4.78 is 37.5. The second-order valence-electron chi connectivity index (χ2n) is 9.33. The van der Waals surface area contributed by atoms with Crippen molar-refractivity contribution in [3.05, 3.63) is 103 Å². The van der Waals surface area contributed by atoms with Crippen LogP contribution in [0, 0.1) is 11.6 Å². The van der Waals surface area contributed by atoms with Crippen LogP contribution >= 0.6 is 23.2 Å². The molecule has 0 aliphatic carbocycles. The highest BCUT2D eigenvalue weighted by Gasteiger charge is 2.21. The minimum Gasteiger partial charge on any atom is -0.496 e. The van der Waals surface area contributed by atoms with Crippen molar-refractivity contribution in [2.75, 3.05) is 7.11 Å². The Kier molecular flexibility index (Phi) is 6.59. The standard InChI is InChI=1S/C27H19Cl2F2N7O3/c1-36-12-32-23(35-36)11-38-26(39)24-21(37(27(38)40)10-13-3-18(29)25(31)19(30)4-13)6-14(7-22(24)41-2)16-5-15-9-33-34-20(15)8-17(16)28/h3-9,12H,10-11H2,1-2H3,(H,33,34). The van der Waals surface area contributed by atoms with Gasteiger partial charge in [0.25, 0.3) is 5.56 Å². The van der Waals surface area contributed by atoms with Crippen LogP contribution in [-0.4, -0.2) is 41.2 Å². The summed E-state index contributed by atoms with van der Waals surface area (Å²) in [6.45, 7) is -0.482. The van der Waals surface area contributed by atoms with Crippen LogP contribution in [0.3, 0.4) is 0 Å². The van der Waals surface area contributed by atoms with Crippen molar-refractivity contribution in [2.45, 2.75) is 13.1 Å². The molecule has 41 heavy (non-hydrogen) atoms. The Bertz CT molecular complexity index is 2090. The SMILES string of the molecule is COc1cc(-c2cc3cn[nH]c3cc2Cl)cc2c1c(=O)n(Cc1ncn(C)n1)c(=O)n2Cc1cc(F)c(F)c(Cl)c1. The molecule has 0 aliphatic heterocycles. The van der Waals surface area contributed by atoms with E-state index < -0.39 is 27.9 Å². The lowest BCUT2D eigenvalue weighted by atomic mass is 10.0. The number of ether oxygens (including phenoxy) is 1. The van der Waals surface area contributed by atoms with Crippen LogP contribution in [0.5, 0.6) is 5.75 Å². The second kappa shape index (κ2) is 10.1. The van der Waals surface area contributed by atoms with Gasteiger partial charge in [-0.1, -0.05) is 23.2 Å². The van der Waals surface area contributed by atoms with Gasteiger partial charge in [0, 0.05) is 18.0 Å². The Hall–Kier alpha value is -4.55. The number of nitrogens with zero attached hydrogens (tertiary/aromatic N) is 6. The first kappa shape index (κ1) is 26.7. The molecule has 3 aromatic carbocycles. The van der Waals surface area contributed by atoms with Crippen LogP contribution in [0.2, 0.25) is 10.0 Å². The predicted octanol–water partition coefficient (Wildman–Crippen LogP) is 4.53. The normalized spacial score (nSPS) is 11.6. The summed E-state index contributed by atoms with van der Waals surface area (Å²) in [5.41, 5.74) is 0.872. The van der Waals surface area contributed by atoms with E-state index in [4.69, 9.17) is 27.9 Å². The van der Waals surface area contributed by atoms with Crippen LogP contribution in [0.25, 0.3) is 32.9 Å². The lowest BCUT2D eigenvalue weighted by molar-refractivity contribution is 0.418. The van der Waals surface area contributed by atoms with Gasteiger partial charge in [-0.3, -0.25) is 23.7 Å². The molecular formula is C27H19Cl2F2N7O3. The monoisotopic (exact) mass is 597 g/mol. The minimum atomic E-state index is -1.20. The molecule has 3 heterocycles. The Morgan fingerprint density at radius 1 is 1.00 bits per heavy atom. The fourth-order valence-corrected chi connectivity index (χ4v) is 5.28. The molecule has 0 saturated carbocycles. The maximum absolute atomic E-state index is 14.3. The molecule has 0 unspecified atom stereocenters. The maximum atomic E-state index is 14.3. The third-order valence-corrected chi connectivity index (χ3v) is 7.27. The van der Waals surface area contributed by atoms with Crippen LogP contribution in [0.4, 0.5) is 8.78 Å². The number of fused-ring (bicyclic) bond motifs is 2. The summed E-state index contributed by atoms with van der Waals surface area (Å²) in [5.74, 6) is -1.98. The number of benzene rings is 3. The van der Waals surface area contributed by atoms with E-state index in [1.807, 2.05) is 6.07 Å². The van der Waals surface area contributed by atoms with E-state index in [1.54, 1.807) is 31.4 Å². The fourth-order valence-electron chi connectivity index (χ4n) is 4.77. The number of aromatic nitrogens is 7. The predicted molar refractivity (Wildman–Crippen MR) is 150 cm³/mol. The smallest absolute Gasteiger partial charge is 0.332 e. The first-order chi connectivity index (χ1) is 19.6. The molecular weight excluding hydrogens is 579 g/mol. The maximum Gasteiger partial charge on any atom is 0.332 e. The summed E-state index contributed by atoms with van der Waals surface area (Å²) in [4.78, 5) is 31.8. The Labute approximate surface area is 239 Å². The number of hydrogen-bond acceptors (Lipinski definition) is 6. The van der Waals surface area contributed by atoms with E-state index >= 15 is 0 Å². The van der Waals surface area contributed by atoms with E-state index in [0.29, 0.717) is 16.1 Å². The third kappa shape index (κ3) is 4.64. The van der Waals surface area contributed by atoms with Gasteiger partial charge in [0.05, 0.1) is 47.5 Å². The molecule has 3 aromatic heterocycles. The van der Waals surface area contributed by atoms with Gasteiger partial charge in [0.1, 0.15) is 17.5 Å². The molecule has 0 spiro atoms. The Morgan fingerprint density at radius 2 is 1.80 bits per heavy atom. The van der Waals surface area contributed by atoms with Gasteiger partial charge in [-0.15, -0.1) is 0 Å². The molecule has 1 N–H and O–H groups in total. The zero-order valence-electron chi connectivity index (χ0n) is 21.5. The fraction of sp³-hybridized carbons (Fsp3) is 0.148. The van der Waals surface area contributed by atoms with Crippen molar-refractivity contribution in [1.29, 1.82) is 0 Å². The number of methoxy groups -OCH3 is 1. The number of nitrogens with one attached hydrogen (secondary N) is 1. The zero-order valence-corrected chi connectivity index (χ0v) is 23.0. The van der Waals surface area contributed by atoms with Crippen molar-refractivity contribution >= 4 is 45.0 Å². The molecule has 0 amide bonds. The van der Waals surface area contributed by atoms with Crippen LogP contribution in [0.1, 0.15) is 11.4 Å². The first-order valence-corrected chi connectivity index (χ1v) is 12.9. The van der Waals surface area contributed by atoms with E-state index in [2.05, 4.69) is 20.3 Å². The highest BCUT2D eigenvalue weighted by atomic mass is 35.5. The molecule has 0 atom stereocenters. The van der Waals surface area contributed by atoms with Gasteiger partial charge in [-0.25, -0.2) is 18.6 Å². The number of hydrogen-bond donors (Lipinski definition) is 1. The van der Waals surface area contributed by atoms with E-state index in [9.17, 15) is 18.4 Å². The molecule has 208 valence electrons. The molecule has 6 rings (SSSR count). The Balaban J connectivity index is 1.65. The molecule has 0 fully saturated rings. The summed E-state index contributed by atoms with van der Waals surface area (Å²) >= 11 is 12.5. The highest BCUT2D eigenvalue weighted by Crippen LogP contribution is 2.36. The summed E-state index contributed by atoms with van der Waals surface area (Å²) in [7, 11) is 3.05. The lowest BCUT2D eigenvalue weighted by Crippen LogP contribution is -2.41. The number of rotatable bonds is 6. The first-order valence-electron chi connectivity index (χ1n) is 12.1. The average molecular weight is 598 g/mol. The molecule has 14 heteroatoms. The van der Waals surface area contributed by atoms with E-state index in [0.717, 1.165) is 21.5 Å². The van der Waals surface area contributed by atoms with Crippen LogP contribution in [0.15, 0.2) is 58.5 Å². The van der Waals surface area contributed by atoms with Gasteiger partial charge in [-0.05, 0) is 47.5 Å². The lowest BCUT2D eigenvalue weighted by Gasteiger charge is -2.17. The highest BCUT2D eigenvalue weighted by molar-refractivity contribution is 6.34. The van der Waals surface area contributed by atoms with Crippen molar-refractivity contribution in [2.24, 2.45) is 7.05 Å². The minimum absolute atomic E-state index is 0.0842. The van der Waals surface area contributed by atoms with Crippen molar-refractivity contribution in [3.63, 3.8) is 0 Å². The zero-order chi connectivity index (χ0) is 29.0. The van der Waals surface area contributed by atoms with E-state index in [1.165, 1.54) is 28.8 Å². The van der Waals surface area contributed by atoms with Crippen LogP contribution < -0.4 is 16.0 Å². The van der Waals surface area contributed by atoms with Crippen LogP contribution in [-0.2, 0) is 20.1 Å². The molecule has 0 radical (unpaired) electrons. The summed E-state index contributed by atoms with van der Waals surface area (Å²) in [6.07, 6.45) is 3.08. The molecule has 0 saturated heterocycles. The van der Waals surface area contributed by atoms with Gasteiger partial charge >= 0.3 is 5.69 Å². The van der Waals surface area contributed by atoms with Gasteiger partial charge in [0.2, 0.25) is 0 Å². The van der Waals surface area contributed by atoms with E-state index in [-0.39, 0.29) is 41.1 Å². The summed E-state index contributed by atoms with van der Waals surface area (Å²) in [6, 6.07) is 8.96. The van der Waals surface area contributed by atoms with Gasteiger partial charge < -0.3 is 4.74 Å². The topological polar surface area (TPSA) is 113 Å². The molecule has 0 bridgehead atoms. The summed E-state index contributed by atoms with van der Waals surface area (Å²) in [5, 5.41) is 11.9. The number of aryl methyl sites for hydroxylation is 1. The number of H-pyrrole nitrogens is 1. The van der Waals surface area contributed by atoms with Gasteiger partial charge in [0.15, 0.2) is 17.5 Å². The average Bonchev–Trinajstić information content (AvgIpc) is 3.58. The molecule has 6 aromatic rings. The van der Waals surface area contributed by atoms with Crippen molar-refractivity contribution in [1.82, 2.24) is 34.1 Å². The van der Waals surface area contributed by atoms with Gasteiger partial charge in [-0.2, -0.15) is 10.2 Å². The Morgan fingerprint density at radius 3 is 2.51 bits per heavy atom. The quantitative estimate of drug-likeness (QED) is 0.282. The number of aromatic amines is 1. The number of halogens is 4. The molecule has 0 aliphatic rings. The largest absolute Gasteiger partial charge is 0.496 e. The van der Waals surface area contributed by atoms with Crippen molar-refractivity contribution in [3.8, 4) is 16.9 Å². The molecule has 10 nitrogen and oxygen atoms in total. The van der Waals surface area contributed by atoms with Crippen molar-refractivity contribution < 1.29 is 13.5 Å².